The van der Waals surface area contributed by atoms with E-state index in [1.165, 1.54) is 16.8 Å². The third-order valence-electron chi connectivity index (χ3n) is 5.69. The van der Waals surface area contributed by atoms with Crippen LogP contribution < -0.4 is 9.80 Å². The van der Waals surface area contributed by atoms with Gasteiger partial charge in [-0.25, -0.2) is 24.7 Å². The molecule has 0 radical (unpaired) electrons. The van der Waals surface area contributed by atoms with Crippen LogP contribution >= 0.6 is 0 Å². The molecule has 1 fully saturated rings. The molecule has 1 N–H and O–H groups in total. The van der Waals surface area contributed by atoms with Gasteiger partial charge in [0.2, 0.25) is 5.95 Å². The maximum atomic E-state index is 10.6. The fourth-order valence-electron chi connectivity index (χ4n) is 3.69. The van der Waals surface area contributed by atoms with E-state index in [-0.39, 0.29) is 0 Å². The lowest BCUT2D eigenvalue weighted by atomic mass is 10.1. The Balaban J connectivity index is 0.000000383. The molecule has 0 bridgehead atoms. The molecule has 9 nitrogen and oxygen atoms in total. The topological polar surface area (TPSA) is 98.6 Å². The van der Waals surface area contributed by atoms with Crippen LogP contribution in [0.5, 0.6) is 0 Å². The van der Waals surface area contributed by atoms with Crippen LogP contribution in [0.1, 0.15) is 23.7 Å². The van der Waals surface area contributed by atoms with Gasteiger partial charge in [-0.3, -0.25) is 0 Å². The molecule has 4 rings (SSSR count). The molecule has 33 heavy (non-hydrogen) atoms. The Kier molecular flexibility index (Phi) is 8.01. The molecule has 0 aromatic carbocycles. The number of hydrogen-bond donors (Lipinski definition) is 1. The van der Waals surface area contributed by atoms with Gasteiger partial charge in [0.05, 0.1) is 5.69 Å². The molecule has 0 amide bonds. The molecule has 4 heterocycles. The minimum absolute atomic E-state index is 0.823. The lowest BCUT2D eigenvalue weighted by Gasteiger charge is -2.34. The molecular formula is C21H28F3N7O2. The van der Waals surface area contributed by atoms with Crippen LogP contribution in [0.2, 0.25) is 0 Å². The van der Waals surface area contributed by atoms with Gasteiger partial charge >= 0.3 is 12.1 Å². The second-order valence-corrected chi connectivity index (χ2v) is 7.95. The van der Waals surface area contributed by atoms with E-state index >= 15 is 0 Å². The van der Waals surface area contributed by atoms with E-state index in [2.05, 4.69) is 48.6 Å². The highest BCUT2D eigenvalue weighted by atomic mass is 19.4. The van der Waals surface area contributed by atoms with Crippen LogP contribution in [-0.4, -0.2) is 88.4 Å². The number of hydrogen-bond acceptors (Lipinski definition) is 8. The van der Waals surface area contributed by atoms with Crippen molar-refractivity contribution in [1.82, 2.24) is 24.8 Å². The Bertz CT molecular complexity index is 932. The van der Waals surface area contributed by atoms with Gasteiger partial charge in [0.15, 0.2) is 0 Å². The van der Waals surface area contributed by atoms with Crippen molar-refractivity contribution in [1.29, 1.82) is 0 Å². The quantitative estimate of drug-likeness (QED) is 0.725. The molecule has 2 aromatic heterocycles. The van der Waals surface area contributed by atoms with Crippen LogP contribution in [0.15, 0.2) is 18.7 Å². The highest BCUT2D eigenvalue weighted by Gasteiger charge is 2.38. The Morgan fingerprint density at radius 3 is 2.15 bits per heavy atom. The van der Waals surface area contributed by atoms with Crippen molar-refractivity contribution in [3.05, 3.63) is 35.5 Å². The van der Waals surface area contributed by atoms with Crippen LogP contribution in [0.4, 0.5) is 24.9 Å². The van der Waals surface area contributed by atoms with Crippen LogP contribution in [-0.2, 0) is 24.1 Å². The van der Waals surface area contributed by atoms with Crippen molar-refractivity contribution >= 4 is 17.7 Å². The van der Waals surface area contributed by atoms with Crippen molar-refractivity contribution in [3.8, 4) is 0 Å². The summed E-state index contributed by atoms with van der Waals surface area (Å²) in [5.41, 5.74) is 3.67. The summed E-state index contributed by atoms with van der Waals surface area (Å²) in [5.74, 6) is -0.802. The molecule has 0 saturated carbocycles. The predicted molar refractivity (Wildman–Crippen MR) is 116 cm³/mol. The van der Waals surface area contributed by atoms with E-state index in [1.54, 1.807) is 6.33 Å². The number of carboxylic acids is 1. The zero-order chi connectivity index (χ0) is 24.0. The van der Waals surface area contributed by atoms with Gasteiger partial charge in [-0.1, -0.05) is 6.92 Å². The number of aliphatic carboxylic acids is 1. The summed E-state index contributed by atoms with van der Waals surface area (Å²) in [6.07, 6.45) is 3.35. The molecule has 0 unspecified atom stereocenters. The number of rotatable bonds is 3. The number of fused-ring (bicyclic) bond motifs is 1. The van der Waals surface area contributed by atoms with Crippen LogP contribution in [0.25, 0.3) is 0 Å². The smallest absolute Gasteiger partial charge is 0.475 e. The fraction of sp³-hybridized carbons (Fsp3) is 0.571. The summed E-state index contributed by atoms with van der Waals surface area (Å²) in [7, 11) is 2.18. The molecule has 2 aliphatic heterocycles. The average Bonchev–Trinajstić information content (AvgIpc) is 3.02. The summed E-state index contributed by atoms with van der Waals surface area (Å²) < 4.78 is 31.7. The number of anilines is 2. The predicted octanol–water partition coefficient (Wildman–Crippen LogP) is 1.82. The maximum Gasteiger partial charge on any atom is 0.490 e. The standard InChI is InChI=1S/C19H27N7.C2HF3O2/c1-3-15-12-20-19(21-13-15)26-6-4-16-17(5-7-26)22-14-23-18(16)25-10-8-24(2)9-11-25;3-2(4,5)1(6)7/h12-14H,3-11H2,1-2H3;(H,6,7). The number of carbonyl (C=O) groups is 1. The molecule has 0 aliphatic carbocycles. The lowest BCUT2D eigenvalue weighted by molar-refractivity contribution is -0.192. The average molecular weight is 467 g/mol. The Morgan fingerprint density at radius 2 is 1.58 bits per heavy atom. The first-order valence-electron chi connectivity index (χ1n) is 10.8. The number of carboxylic acid groups (broad SMARTS) is 1. The number of aromatic nitrogens is 4. The third kappa shape index (κ3) is 6.50. The highest BCUT2D eigenvalue weighted by molar-refractivity contribution is 5.73. The fourth-order valence-corrected chi connectivity index (χ4v) is 3.69. The normalized spacial score (nSPS) is 17.0. The summed E-state index contributed by atoms with van der Waals surface area (Å²) in [4.78, 5) is 34.3. The van der Waals surface area contributed by atoms with Crippen molar-refractivity contribution in [2.75, 3.05) is 56.1 Å². The molecule has 2 aromatic rings. The SMILES string of the molecule is CCc1cnc(N2CCc3ncnc(N4CCN(C)CC4)c3CC2)nc1.O=C(O)C(F)(F)F. The minimum atomic E-state index is -5.08. The molecule has 180 valence electrons. The number of halogens is 3. The van der Waals surface area contributed by atoms with Crippen molar-refractivity contribution in [2.24, 2.45) is 0 Å². The zero-order valence-corrected chi connectivity index (χ0v) is 18.7. The molecule has 12 heteroatoms. The van der Waals surface area contributed by atoms with Crippen LogP contribution in [0, 0.1) is 0 Å². The van der Waals surface area contributed by atoms with Gasteiger partial charge in [-0.2, -0.15) is 13.2 Å². The van der Waals surface area contributed by atoms with Crippen molar-refractivity contribution in [2.45, 2.75) is 32.4 Å². The lowest BCUT2D eigenvalue weighted by Crippen LogP contribution is -2.45. The molecule has 2 aliphatic rings. The Morgan fingerprint density at radius 1 is 0.970 bits per heavy atom. The van der Waals surface area contributed by atoms with Crippen molar-refractivity contribution < 1.29 is 23.1 Å². The summed E-state index contributed by atoms with van der Waals surface area (Å²) in [5, 5.41) is 7.12. The van der Waals surface area contributed by atoms with Gasteiger partial charge < -0.3 is 19.8 Å². The second kappa shape index (κ2) is 10.7. The maximum absolute atomic E-state index is 10.6. The number of nitrogens with zero attached hydrogens (tertiary/aromatic N) is 7. The van der Waals surface area contributed by atoms with E-state index in [1.807, 2.05) is 12.4 Å². The number of piperazine rings is 1. The Hall–Kier alpha value is -3.02. The number of aryl methyl sites for hydroxylation is 1. The first kappa shape index (κ1) is 24.6. The number of likely N-dealkylation sites (N-methyl/N-ethyl adjacent to an activating group) is 1. The first-order valence-corrected chi connectivity index (χ1v) is 10.8. The Labute approximate surface area is 190 Å². The van der Waals surface area contributed by atoms with E-state index < -0.39 is 12.1 Å². The van der Waals surface area contributed by atoms with Gasteiger partial charge in [0.1, 0.15) is 12.1 Å². The molecule has 0 spiro atoms. The summed E-state index contributed by atoms with van der Waals surface area (Å²) in [6.45, 7) is 8.17. The first-order chi connectivity index (χ1) is 15.7. The van der Waals surface area contributed by atoms with E-state index in [4.69, 9.17) is 9.90 Å². The van der Waals surface area contributed by atoms with Crippen molar-refractivity contribution in [3.63, 3.8) is 0 Å². The van der Waals surface area contributed by atoms with Gasteiger partial charge in [-0.15, -0.1) is 0 Å². The highest BCUT2D eigenvalue weighted by Crippen LogP contribution is 2.25. The van der Waals surface area contributed by atoms with E-state index in [0.29, 0.717) is 0 Å². The summed E-state index contributed by atoms with van der Waals surface area (Å²) >= 11 is 0. The number of alkyl halides is 3. The van der Waals surface area contributed by atoms with E-state index in [0.717, 1.165) is 70.3 Å². The van der Waals surface area contributed by atoms with Gasteiger partial charge in [0.25, 0.3) is 0 Å². The largest absolute Gasteiger partial charge is 0.490 e. The van der Waals surface area contributed by atoms with Gasteiger partial charge in [0, 0.05) is 63.6 Å². The second-order valence-electron chi connectivity index (χ2n) is 7.95. The third-order valence-corrected chi connectivity index (χ3v) is 5.69. The molecular weight excluding hydrogens is 439 g/mol. The van der Waals surface area contributed by atoms with E-state index in [9.17, 15) is 13.2 Å². The zero-order valence-electron chi connectivity index (χ0n) is 18.7. The molecule has 1 saturated heterocycles. The van der Waals surface area contributed by atoms with Crippen LogP contribution in [0.3, 0.4) is 0 Å². The molecule has 0 atom stereocenters. The van der Waals surface area contributed by atoms with Gasteiger partial charge in [-0.05, 0) is 25.5 Å². The monoisotopic (exact) mass is 467 g/mol. The minimum Gasteiger partial charge on any atom is -0.475 e. The summed E-state index contributed by atoms with van der Waals surface area (Å²) in [6, 6.07) is 0.